The van der Waals surface area contributed by atoms with Crippen molar-refractivity contribution in [1.29, 1.82) is 0 Å². The number of aromatic nitrogens is 1. The van der Waals surface area contributed by atoms with Gasteiger partial charge >= 0.3 is 5.97 Å². The van der Waals surface area contributed by atoms with E-state index in [0.29, 0.717) is 12.3 Å². The van der Waals surface area contributed by atoms with E-state index in [0.717, 1.165) is 0 Å². The van der Waals surface area contributed by atoms with Gasteiger partial charge in [-0.25, -0.2) is 0 Å². The number of pyridine rings is 1. The highest BCUT2D eigenvalue weighted by molar-refractivity contribution is 5.93. The first-order valence-electron chi connectivity index (χ1n) is 5.68. The molecule has 0 aliphatic carbocycles. The molecule has 6 nitrogen and oxygen atoms in total. The number of H-pyrrole nitrogens is 1. The molecule has 0 spiro atoms. The van der Waals surface area contributed by atoms with Crippen LogP contribution in [0.4, 0.5) is 0 Å². The SMILES string of the molecule is CCOC(=O)CCNC(=O)c1ccc(C)[nH]c1=O. The van der Waals surface area contributed by atoms with E-state index in [-0.39, 0.29) is 24.5 Å². The lowest BCUT2D eigenvalue weighted by Gasteiger charge is -2.04. The van der Waals surface area contributed by atoms with Crippen LogP contribution in [0.2, 0.25) is 0 Å². The summed E-state index contributed by atoms with van der Waals surface area (Å²) < 4.78 is 4.71. The van der Waals surface area contributed by atoms with Gasteiger partial charge in [0.15, 0.2) is 0 Å². The third-order valence-electron chi connectivity index (χ3n) is 2.22. The number of ether oxygens (including phenoxy) is 1. The molecular weight excluding hydrogens is 236 g/mol. The number of amides is 1. The summed E-state index contributed by atoms with van der Waals surface area (Å²) in [5, 5.41) is 2.49. The van der Waals surface area contributed by atoms with Gasteiger partial charge in [0.2, 0.25) is 0 Å². The minimum absolute atomic E-state index is 0.0319. The summed E-state index contributed by atoms with van der Waals surface area (Å²) in [6.45, 7) is 3.89. The number of nitrogens with one attached hydrogen (secondary N) is 2. The Labute approximate surface area is 104 Å². The van der Waals surface area contributed by atoms with Crippen molar-refractivity contribution in [2.75, 3.05) is 13.2 Å². The van der Waals surface area contributed by atoms with Crippen LogP contribution in [-0.4, -0.2) is 30.0 Å². The van der Waals surface area contributed by atoms with Gasteiger partial charge in [0, 0.05) is 12.2 Å². The maximum atomic E-state index is 11.6. The third-order valence-corrected chi connectivity index (χ3v) is 2.22. The fourth-order valence-corrected chi connectivity index (χ4v) is 1.36. The fraction of sp³-hybridized carbons (Fsp3) is 0.417. The number of aromatic amines is 1. The number of aryl methyl sites for hydroxylation is 1. The predicted molar refractivity (Wildman–Crippen MR) is 65.4 cm³/mol. The Bertz CT molecular complexity index is 493. The zero-order chi connectivity index (χ0) is 13.5. The lowest BCUT2D eigenvalue weighted by atomic mass is 10.2. The lowest BCUT2D eigenvalue weighted by molar-refractivity contribution is -0.142. The second-order valence-corrected chi connectivity index (χ2v) is 3.70. The van der Waals surface area contributed by atoms with Gasteiger partial charge in [-0.3, -0.25) is 14.4 Å². The number of carbonyl (C=O) groups excluding carboxylic acids is 2. The highest BCUT2D eigenvalue weighted by Crippen LogP contribution is 1.94. The Kier molecular flexibility index (Phi) is 5.10. The summed E-state index contributed by atoms with van der Waals surface area (Å²) in [6.07, 6.45) is 0.0867. The van der Waals surface area contributed by atoms with Crippen molar-refractivity contribution in [2.45, 2.75) is 20.3 Å². The summed E-state index contributed by atoms with van der Waals surface area (Å²) >= 11 is 0. The van der Waals surface area contributed by atoms with Crippen LogP contribution in [-0.2, 0) is 9.53 Å². The zero-order valence-electron chi connectivity index (χ0n) is 10.4. The standard InChI is InChI=1S/C12H16N2O4/c1-3-18-10(15)6-7-13-11(16)9-5-4-8(2)14-12(9)17/h4-5H,3,6-7H2,1-2H3,(H,13,16)(H,14,17). The molecule has 1 rings (SSSR count). The molecule has 1 aromatic rings. The van der Waals surface area contributed by atoms with Gasteiger partial charge in [0.05, 0.1) is 13.0 Å². The van der Waals surface area contributed by atoms with Crippen LogP contribution in [0.25, 0.3) is 0 Å². The molecule has 18 heavy (non-hydrogen) atoms. The lowest BCUT2D eigenvalue weighted by Crippen LogP contribution is -2.31. The average molecular weight is 252 g/mol. The van der Waals surface area contributed by atoms with Crippen molar-refractivity contribution < 1.29 is 14.3 Å². The molecule has 0 saturated carbocycles. The van der Waals surface area contributed by atoms with E-state index in [1.807, 2.05) is 0 Å². The molecular formula is C12H16N2O4. The summed E-state index contributed by atoms with van der Waals surface area (Å²) in [4.78, 5) is 36.7. The maximum Gasteiger partial charge on any atom is 0.307 e. The van der Waals surface area contributed by atoms with Gasteiger partial charge in [0.25, 0.3) is 11.5 Å². The Morgan fingerprint density at radius 1 is 1.39 bits per heavy atom. The van der Waals surface area contributed by atoms with Crippen LogP contribution in [0, 0.1) is 6.92 Å². The van der Waals surface area contributed by atoms with E-state index in [1.165, 1.54) is 6.07 Å². The Morgan fingerprint density at radius 2 is 2.11 bits per heavy atom. The molecule has 0 aliphatic rings. The number of esters is 1. The van der Waals surface area contributed by atoms with E-state index < -0.39 is 11.5 Å². The van der Waals surface area contributed by atoms with E-state index in [4.69, 9.17) is 4.74 Å². The average Bonchev–Trinajstić information content (AvgIpc) is 2.29. The summed E-state index contributed by atoms with van der Waals surface area (Å²) in [6, 6.07) is 3.09. The molecule has 0 unspecified atom stereocenters. The predicted octanol–water partition coefficient (Wildman–Crippen LogP) is 0.366. The van der Waals surface area contributed by atoms with Crippen LogP contribution in [0.1, 0.15) is 29.4 Å². The van der Waals surface area contributed by atoms with Gasteiger partial charge in [0.1, 0.15) is 5.56 Å². The molecule has 6 heteroatoms. The molecule has 0 radical (unpaired) electrons. The molecule has 0 bridgehead atoms. The van der Waals surface area contributed by atoms with Crippen LogP contribution in [0.3, 0.4) is 0 Å². The monoisotopic (exact) mass is 252 g/mol. The number of hydrogen-bond acceptors (Lipinski definition) is 4. The molecule has 0 aromatic carbocycles. The molecule has 2 N–H and O–H groups in total. The van der Waals surface area contributed by atoms with Crippen LogP contribution in [0.5, 0.6) is 0 Å². The van der Waals surface area contributed by atoms with Crippen molar-refractivity contribution in [3.63, 3.8) is 0 Å². The molecule has 0 fully saturated rings. The molecule has 1 heterocycles. The highest BCUT2D eigenvalue weighted by atomic mass is 16.5. The Balaban J connectivity index is 2.51. The van der Waals surface area contributed by atoms with Crippen molar-refractivity contribution in [3.05, 3.63) is 33.7 Å². The van der Waals surface area contributed by atoms with Crippen molar-refractivity contribution in [1.82, 2.24) is 10.3 Å². The van der Waals surface area contributed by atoms with Gasteiger partial charge in [-0.1, -0.05) is 0 Å². The Hall–Kier alpha value is -2.11. The van der Waals surface area contributed by atoms with Crippen LogP contribution < -0.4 is 10.9 Å². The van der Waals surface area contributed by atoms with Crippen LogP contribution in [0.15, 0.2) is 16.9 Å². The first-order chi connectivity index (χ1) is 8.54. The second kappa shape index (κ2) is 6.58. The first kappa shape index (κ1) is 14.0. The molecule has 0 aliphatic heterocycles. The van der Waals surface area contributed by atoms with Gasteiger partial charge in [-0.05, 0) is 26.0 Å². The summed E-state index contributed by atoms with van der Waals surface area (Å²) in [7, 11) is 0. The molecule has 0 saturated heterocycles. The van der Waals surface area contributed by atoms with E-state index in [1.54, 1.807) is 19.9 Å². The highest BCUT2D eigenvalue weighted by Gasteiger charge is 2.10. The van der Waals surface area contributed by atoms with E-state index in [9.17, 15) is 14.4 Å². The number of hydrogen-bond donors (Lipinski definition) is 2. The van der Waals surface area contributed by atoms with E-state index >= 15 is 0 Å². The first-order valence-corrected chi connectivity index (χ1v) is 5.68. The third kappa shape index (κ3) is 4.04. The van der Waals surface area contributed by atoms with Gasteiger partial charge < -0.3 is 15.0 Å². The molecule has 1 aromatic heterocycles. The number of carbonyl (C=O) groups is 2. The van der Waals surface area contributed by atoms with Crippen molar-refractivity contribution in [2.24, 2.45) is 0 Å². The normalized spacial score (nSPS) is 9.89. The minimum Gasteiger partial charge on any atom is -0.466 e. The summed E-state index contributed by atoms with van der Waals surface area (Å²) in [5.74, 6) is -0.879. The smallest absolute Gasteiger partial charge is 0.307 e. The molecule has 98 valence electrons. The Morgan fingerprint density at radius 3 is 2.72 bits per heavy atom. The van der Waals surface area contributed by atoms with Gasteiger partial charge in [-0.15, -0.1) is 0 Å². The second-order valence-electron chi connectivity index (χ2n) is 3.70. The maximum absolute atomic E-state index is 11.6. The topological polar surface area (TPSA) is 88.3 Å². The van der Waals surface area contributed by atoms with Crippen molar-refractivity contribution >= 4 is 11.9 Å². The largest absolute Gasteiger partial charge is 0.466 e. The fourth-order valence-electron chi connectivity index (χ4n) is 1.36. The quantitative estimate of drug-likeness (QED) is 0.741. The van der Waals surface area contributed by atoms with Crippen LogP contribution >= 0.6 is 0 Å². The number of rotatable bonds is 5. The van der Waals surface area contributed by atoms with E-state index in [2.05, 4.69) is 10.3 Å². The zero-order valence-corrected chi connectivity index (χ0v) is 10.4. The summed E-state index contributed by atoms with van der Waals surface area (Å²) in [5.41, 5.74) is 0.274. The molecule has 0 atom stereocenters. The molecule has 1 amide bonds. The minimum atomic E-state index is -0.499. The van der Waals surface area contributed by atoms with Gasteiger partial charge in [-0.2, -0.15) is 0 Å². The van der Waals surface area contributed by atoms with Crippen molar-refractivity contribution in [3.8, 4) is 0 Å².